The van der Waals surface area contributed by atoms with Crippen LogP contribution in [0, 0.1) is 0 Å². The summed E-state index contributed by atoms with van der Waals surface area (Å²) in [4.78, 5) is 12.9. The van der Waals surface area contributed by atoms with Crippen molar-refractivity contribution >= 4 is 29.5 Å². The number of benzene rings is 2. The molecule has 0 unspecified atom stereocenters. The van der Waals surface area contributed by atoms with Crippen LogP contribution in [0.5, 0.6) is 11.5 Å². The van der Waals surface area contributed by atoms with E-state index in [-0.39, 0.29) is 21.3 Å². The Morgan fingerprint density at radius 2 is 1.33 bits per heavy atom. The number of hydrogen-bond acceptors (Lipinski definition) is 5. The lowest BCUT2D eigenvalue weighted by molar-refractivity contribution is -0.137. The fourth-order valence-corrected chi connectivity index (χ4v) is 5.92. The third-order valence-electron chi connectivity index (χ3n) is 5.05. The van der Waals surface area contributed by atoms with Crippen molar-refractivity contribution in [1.29, 1.82) is 0 Å². The molecule has 0 radical (unpaired) electrons. The summed E-state index contributed by atoms with van der Waals surface area (Å²) in [6.45, 7) is 17.6. The molecule has 0 aliphatic carbocycles. The lowest BCUT2D eigenvalue weighted by Crippen LogP contribution is -2.18. The summed E-state index contributed by atoms with van der Waals surface area (Å²) in [6, 6.07) is 12.2. The highest BCUT2D eigenvalue weighted by molar-refractivity contribution is 8.18. The normalized spacial score (nSPS) is 12.6. The minimum atomic E-state index is -0.803. The molecule has 0 saturated heterocycles. The maximum atomic E-state index is 11.0. The molecule has 0 amide bonds. The molecule has 6 heteroatoms. The van der Waals surface area contributed by atoms with E-state index in [2.05, 4.69) is 67.5 Å². The first-order valence-corrected chi connectivity index (χ1v) is 12.9. The van der Waals surface area contributed by atoms with Gasteiger partial charge in [-0.25, -0.2) is 0 Å². The summed E-state index contributed by atoms with van der Waals surface area (Å²) in [7, 11) is 0. The van der Waals surface area contributed by atoms with Gasteiger partial charge < -0.3 is 14.9 Å². The highest BCUT2D eigenvalue weighted by Gasteiger charge is 2.29. The quantitative estimate of drug-likeness (QED) is 0.212. The van der Waals surface area contributed by atoms with Gasteiger partial charge in [0.05, 0.1) is 10.7 Å². The van der Waals surface area contributed by atoms with Gasteiger partial charge in [-0.05, 0) is 67.5 Å². The highest BCUT2D eigenvalue weighted by Crippen LogP contribution is 2.48. The Morgan fingerprint density at radius 3 is 1.79 bits per heavy atom. The van der Waals surface area contributed by atoms with E-state index in [9.17, 15) is 9.90 Å². The summed E-state index contributed by atoms with van der Waals surface area (Å²) in [5.41, 5.74) is 1.64. The van der Waals surface area contributed by atoms with Crippen LogP contribution in [-0.2, 0) is 15.6 Å². The summed E-state index contributed by atoms with van der Waals surface area (Å²) in [5, 5.41) is 19.7. The minimum Gasteiger partial charge on any atom is -0.507 e. The van der Waals surface area contributed by atoms with Crippen LogP contribution in [0.4, 0.5) is 0 Å². The number of carboxylic acid groups (broad SMARTS) is 1. The number of carboxylic acids is 1. The molecule has 0 aliphatic rings. The van der Waals surface area contributed by atoms with Crippen LogP contribution in [-0.4, -0.2) is 26.9 Å². The van der Waals surface area contributed by atoms with Gasteiger partial charge in [-0.15, -0.1) is 23.5 Å². The summed E-state index contributed by atoms with van der Waals surface area (Å²) in [6.07, 6.45) is 0.611. The van der Waals surface area contributed by atoms with Crippen LogP contribution in [0.25, 0.3) is 0 Å². The lowest BCUT2D eigenvalue weighted by atomic mass is 9.79. The van der Waals surface area contributed by atoms with Crippen LogP contribution >= 0.6 is 23.5 Å². The Labute approximate surface area is 207 Å². The molecule has 33 heavy (non-hydrogen) atoms. The Kier molecular flexibility index (Phi) is 8.86. The fourth-order valence-electron chi connectivity index (χ4n) is 3.42. The van der Waals surface area contributed by atoms with Crippen molar-refractivity contribution in [2.75, 3.05) is 6.61 Å². The standard InChI is InChI=1S/C27H38O4S2/c1-25(2,3)21-16-20(17-22(24(21)30)26(4,5)6)33-27(7,8)32-19-13-11-18(12-14-19)31-15-9-10-23(28)29/h11-14,16-17,30H,9-10,15H2,1-8H3,(H,28,29). The fraction of sp³-hybridized carbons (Fsp3) is 0.519. The molecule has 2 N–H and O–H groups in total. The molecule has 4 nitrogen and oxygen atoms in total. The maximum absolute atomic E-state index is 11.0. The van der Waals surface area contributed by atoms with Gasteiger partial charge >= 0.3 is 5.97 Å². The number of ether oxygens (including phenoxy) is 1. The average molecular weight is 491 g/mol. The van der Waals surface area contributed by atoms with Gasteiger partial charge in [0, 0.05) is 27.3 Å². The zero-order chi connectivity index (χ0) is 25.0. The molecule has 0 bridgehead atoms. The van der Waals surface area contributed by atoms with E-state index in [0.29, 0.717) is 18.8 Å². The average Bonchev–Trinajstić information content (AvgIpc) is 2.65. The van der Waals surface area contributed by atoms with E-state index in [4.69, 9.17) is 9.84 Å². The number of hydrogen-bond donors (Lipinski definition) is 2. The van der Waals surface area contributed by atoms with Crippen molar-refractivity contribution in [3.8, 4) is 11.5 Å². The molecule has 0 fully saturated rings. The van der Waals surface area contributed by atoms with E-state index >= 15 is 0 Å². The van der Waals surface area contributed by atoms with Crippen LogP contribution in [0.1, 0.15) is 79.4 Å². The second-order valence-corrected chi connectivity index (χ2v) is 14.4. The van der Waals surface area contributed by atoms with Crippen LogP contribution in [0.3, 0.4) is 0 Å². The van der Waals surface area contributed by atoms with Gasteiger partial charge in [0.2, 0.25) is 0 Å². The summed E-state index contributed by atoms with van der Waals surface area (Å²) in [5.74, 6) is 0.352. The van der Waals surface area contributed by atoms with Crippen molar-refractivity contribution in [3.63, 3.8) is 0 Å². The third-order valence-corrected chi connectivity index (χ3v) is 7.52. The second-order valence-electron chi connectivity index (χ2n) is 10.8. The van der Waals surface area contributed by atoms with Crippen LogP contribution in [0.2, 0.25) is 0 Å². The zero-order valence-corrected chi connectivity index (χ0v) is 22.7. The van der Waals surface area contributed by atoms with Crippen molar-refractivity contribution in [3.05, 3.63) is 47.5 Å². The van der Waals surface area contributed by atoms with Crippen LogP contribution < -0.4 is 4.74 Å². The molecule has 2 aromatic rings. The third kappa shape index (κ3) is 8.49. The first kappa shape index (κ1) is 27.5. The minimum absolute atomic E-state index is 0.116. The van der Waals surface area contributed by atoms with Crippen molar-refractivity contribution in [2.45, 2.75) is 92.9 Å². The SMILES string of the molecule is CC(C)(Sc1ccc(OCCCC(=O)O)cc1)Sc1cc(C(C)(C)C)c(O)c(C(C)(C)C)c1. The number of aromatic hydroxyl groups is 1. The van der Waals surface area contributed by atoms with Gasteiger partial charge in [0.25, 0.3) is 0 Å². The van der Waals surface area contributed by atoms with Crippen molar-refractivity contribution in [2.24, 2.45) is 0 Å². The first-order chi connectivity index (χ1) is 15.1. The predicted molar refractivity (Wildman–Crippen MR) is 140 cm³/mol. The molecule has 0 atom stereocenters. The molecule has 0 heterocycles. The van der Waals surface area contributed by atoms with Crippen molar-refractivity contribution < 1.29 is 19.7 Å². The Hall–Kier alpha value is -1.79. The zero-order valence-electron chi connectivity index (χ0n) is 21.1. The van der Waals surface area contributed by atoms with Gasteiger partial charge in [-0.1, -0.05) is 41.5 Å². The first-order valence-electron chi connectivity index (χ1n) is 11.3. The van der Waals surface area contributed by atoms with Crippen molar-refractivity contribution in [1.82, 2.24) is 0 Å². The Bertz CT molecular complexity index is 917. The Morgan fingerprint density at radius 1 is 0.848 bits per heavy atom. The van der Waals surface area contributed by atoms with Gasteiger partial charge in [0.1, 0.15) is 11.5 Å². The molecule has 2 rings (SSSR count). The largest absolute Gasteiger partial charge is 0.507 e. The van der Waals surface area contributed by atoms with E-state index in [0.717, 1.165) is 26.7 Å². The number of thioether (sulfide) groups is 2. The van der Waals surface area contributed by atoms with E-state index in [1.54, 1.807) is 23.5 Å². The molecule has 2 aromatic carbocycles. The Balaban J connectivity index is 2.16. The molecular weight excluding hydrogens is 452 g/mol. The summed E-state index contributed by atoms with van der Waals surface area (Å²) < 4.78 is 5.50. The number of rotatable bonds is 9. The number of carbonyl (C=O) groups is 1. The predicted octanol–water partition coefficient (Wildman–Crippen LogP) is 7.85. The van der Waals surface area contributed by atoms with Gasteiger partial charge in [-0.2, -0.15) is 0 Å². The van der Waals surface area contributed by atoms with E-state index in [1.165, 1.54) is 0 Å². The van der Waals surface area contributed by atoms with Crippen LogP contribution in [0.15, 0.2) is 46.2 Å². The monoisotopic (exact) mass is 490 g/mol. The van der Waals surface area contributed by atoms with E-state index < -0.39 is 5.97 Å². The highest BCUT2D eigenvalue weighted by atomic mass is 32.2. The molecule has 182 valence electrons. The number of phenols is 1. The molecule has 0 aromatic heterocycles. The maximum Gasteiger partial charge on any atom is 0.303 e. The molecule has 0 spiro atoms. The van der Waals surface area contributed by atoms with Gasteiger partial charge in [0.15, 0.2) is 0 Å². The topological polar surface area (TPSA) is 66.8 Å². The van der Waals surface area contributed by atoms with Gasteiger partial charge in [-0.3, -0.25) is 4.79 Å². The molecule has 0 saturated carbocycles. The summed E-state index contributed by atoms with van der Waals surface area (Å²) >= 11 is 3.58. The smallest absolute Gasteiger partial charge is 0.303 e. The second kappa shape index (κ2) is 10.6. The molecular formula is C27H38O4S2. The number of phenolic OH excluding ortho intramolecular Hbond substituents is 1. The van der Waals surface area contributed by atoms with E-state index in [1.807, 2.05) is 24.3 Å². The number of aliphatic carboxylic acids is 1. The molecule has 0 aliphatic heterocycles. The lowest BCUT2D eigenvalue weighted by Gasteiger charge is -2.30.